The van der Waals surface area contributed by atoms with E-state index < -0.39 is 4.92 Å². The molecule has 0 radical (unpaired) electrons. The Labute approximate surface area is 206 Å². The number of nitrogens with one attached hydrogen (secondary N) is 1. The van der Waals surface area contributed by atoms with Crippen molar-refractivity contribution in [3.05, 3.63) is 92.4 Å². The summed E-state index contributed by atoms with van der Waals surface area (Å²) in [5, 5.41) is 15.6. The summed E-state index contributed by atoms with van der Waals surface area (Å²) in [4.78, 5) is 27.5. The number of benzene rings is 2. The molecule has 8 nitrogen and oxygen atoms in total. The maximum atomic E-state index is 12.6. The Balaban J connectivity index is 1.39. The van der Waals surface area contributed by atoms with Crippen molar-refractivity contribution in [2.45, 2.75) is 6.54 Å². The summed E-state index contributed by atoms with van der Waals surface area (Å²) in [5.41, 5.74) is 1.98. The maximum Gasteiger partial charge on any atom is 0.292 e. The largest absolute Gasteiger partial charge is 0.467 e. The summed E-state index contributed by atoms with van der Waals surface area (Å²) < 4.78 is 5.30. The Morgan fingerprint density at radius 3 is 2.59 bits per heavy atom. The number of amides is 1. The van der Waals surface area contributed by atoms with Crippen molar-refractivity contribution >= 4 is 52.2 Å². The maximum absolute atomic E-state index is 12.6. The third-order valence-electron chi connectivity index (χ3n) is 5.53. The standard InChI is InChI=1S/C24H22Cl2N4O4/c25-18-5-3-17(21(26)14-18)4-8-24(31)29-11-9-28(10-12-29)19-6-7-23(30(32)33)22(15-19)27-16-20-2-1-13-34-20/h1-8,13-15,27H,9-12,16H2/b8-4+. The molecule has 0 bridgehead atoms. The second kappa shape index (κ2) is 10.6. The molecule has 3 aromatic rings. The molecule has 1 aromatic heterocycles. The van der Waals surface area contributed by atoms with Crippen LogP contribution in [0.5, 0.6) is 0 Å². The van der Waals surface area contributed by atoms with Crippen molar-refractivity contribution in [1.29, 1.82) is 0 Å². The molecular weight excluding hydrogens is 479 g/mol. The highest BCUT2D eigenvalue weighted by Crippen LogP contribution is 2.31. The Bertz CT molecular complexity index is 1210. The molecule has 1 fully saturated rings. The topological polar surface area (TPSA) is 91.9 Å². The van der Waals surface area contributed by atoms with Crippen LogP contribution in [0.15, 0.2) is 65.3 Å². The van der Waals surface area contributed by atoms with E-state index in [9.17, 15) is 14.9 Å². The van der Waals surface area contributed by atoms with E-state index in [1.807, 2.05) is 0 Å². The molecule has 1 N–H and O–H groups in total. The van der Waals surface area contributed by atoms with Crippen LogP contribution in [-0.4, -0.2) is 41.9 Å². The predicted molar refractivity (Wildman–Crippen MR) is 133 cm³/mol. The summed E-state index contributed by atoms with van der Waals surface area (Å²) in [6.45, 7) is 2.62. The van der Waals surface area contributed by atoms with Crippen molar-refractivity contribution in [3.63, 3.8) is 0 Å². The minimum absolute atomic E-state index is 0.00452. The van der Waals surface area contributed by atoms with Crippen molar-refractivity contribution in [1.82, 2.24) is 4.90 Å². The zero-order valence-electron chi connectivity index (χ0n) is 18.1. The van der Waals surface area contributed by atoms with Gasteiger partial charge in [-0.25, -0.2) is 0 Å². The van der Waals surface area contributed by atoms with Gasteiger partial charge in [0.25, 0.3) is 5.69 Å². The normalized spacial score (nSPS) is 13.9. The number of halogens is 2. The highest BCUT2D eigenvalue weighted by atomic mass is 35.5. The van der Waals surface area contributed by atoms with Gasteiger partial charge >= 0.3 is 0 Å². The van der Waals surface area contributed by atoms with Gasteiger partial charge in [-0.1, -0.05) is 29.3 Å². The van der Waals surface area contributed by atoms with Crippen LogP contribution in [0.2, 0.25) is 10.0 Å². The number of rotatable bonds is 7. The molecule has 1 aliphatic rings. The van der Waals surface area contributed by atoms with E-state index in [1.165, 1.54) is 12.1 Å². The average Bonchev–Trinajstić information content (AvgIpc) is 3.35. The van der Waals surface area contributed by atoms with Crippen LogP contribution in [0.3, 0.4) is 0 Å². The van der Waals surface area contributed by atoms with Crippen molar-refractivity contribution < 1.29 is 14.1 Å². The first-order valence-corrected chi connectivity index (χ1v) is 11.4. The molecular formula is C24H22Cl2N4O4. The smallest absolute Gasteiger partial charge is 0.292 e. The quantitative estimate of drug-likeness (QED) is 0.262. The molecule has 4 rings (SSSR count). The molecule has 2 heterocycles. The summed E-state index contributed by atoms with van der Waals surface area (Å²) in [6, 6.07) is 13.7. The summed E-state index contributed by atoms with van der Waals surface area (Å²) in [7, 11) is 0. The van der Waals surface area contributed by atoms with Gasteiger partial charge in [-0.15, -0.1) is 0 Å². The molecule has 1 aliphatic heterocycles. The van der Waals surface area contributed by atoms with E-state index in [-0.39, 0.29) is 11.6 Å². The number of anilines is 2. The fourth-order valence-corrected chi connectivity index (χ4v) is 4.18. The second-order valence-corrected chi connectivity index (χ2v) is 8.55. The number of carbonyl (C=O) groups is 1. The van der Waals surface area contributed by atoms with Gasteiger partial charge in [0.05, 0.1) is 17.7 Å². The molecule has 0 saturated carbocycles. The number of hydrogen-bond donors (Lipinski definition) is 1. The monoisotopic (exact) mass is 500 g/mol. The van der Waals surface area contributed by atoms with Gasteiger partial charge in [0, 0.05) is 54.1 Å². The first-order valence-electron chi connectivity index (χ1n) is 10.6. The molecule has 176 valence electrons. The van der Waals surface area contributed by atoms with Crippen molar-refractivity contribution in [3.8, 4) is 0 Å². The molecule has 2 aromatic carbocycles. The summed E-state index contributed by atoms with van der Waals surface area (Å²) >= 11 is 12.1. The van der Waals surface area contributed by atoms with Crippen LogP contribution in [0.4, 0.5) is 17.1 Å². The predicted octanol–water partition coefficient (Wildman–Crippen LogP) is 5.47. The molecule has 10 heteroatoms. The first-order chi connectivity index (χ1) is 16.4. The lowest BCUT2D eigenvalue weighted by Crippen LogP contribution is -2.48. The van der Waals surface area contributed by atoms with E-state index in [0.29, 0.717) is 54.2 Å². The molecule has 34 heavy (non-hydrogen) atoms. The number of piperazine rings is 1. The number of nitro groups is 1. The Morgan fingerprint density at radius 2 is 1.91 bits per heavy atom. The van der Waals surface area contributed by atoms with E-state index in [0.717, 1.165) is 11.3 Å². The van der Waals surface area contributed by atoms with E-state index in [1.54, 1.807) is 59.7 Å². The highest BCUT2D eigenvalue weighted by Gasteiger charge is 2.22. The lowest BCUT2D eigenvalue weighted by atomic mass is 10.2. The zero-order valence-corrected chi connectivity index (χ0v) is 19.6. The van der Waals surface area contributed by atoms with Gasteiger partial charge in [0.1, 0.15) is 11.4 Å². The second-order valence-electron chi connectivity index (χ2n) is 7.70. The van der Waals surface area contributed by atoms with E-state index in [2.05, 4.69) is 10.2 Å². The molecule has 1 saturated heterocycles. The fraction of sp³-hybridized carbons (Fsp3) is 0.208. The van der Waals surface area contributed by atoms with E-state index >= 15 is 0 Å². The number of furan rings is 1. The number of carbonyl (C=O) groups excluding carboxylic acids is 1. The van der Waals surface area contributed by atoms with E-state index in [4.69, 9.17) is 27.6 Å². The van der Waals surface area contributed by atoms with Crippen LogP contribution in [0, 0.1) is 10.1 Å². The third-order valence-corrected chi connectivity index (χ3v) is 6.10. The van der Waals surface area contributed by atoms with Gasteiger partial charge in [0.15, 0.2) is 0 Å². The lowest BCUT2D eigenvalue weighted by molar-refractivity contribution is -0.384. The Hall–Kier alpha value is -3.49. The van der Waals surface area contributed by atoms with Gasteiger partial charge in [-0.2, -0.15) is 0 Å². The van der Waals surface area contributed by atoms with Crippen LogP contribution < -0.4 is 10.2 Å². The van der Waals surface area contributed by atoms with Gasteiger partial charge in [-0.05, 0) is 48.0 Å². The molecule has 0 unspecified atom stereocenters. The zero-order chi connectivity index (χ0) is 24.1. The van der Waals surface area contributed by atoms with Gasteiger partial charge in [0.2, 0.25) is 5.91 Å². The molecule has 1 amide bonds. The summed E-state index contributed by atoms with van der Waals surface area (Å²) in [6.07, 6.45) is 4.75. The SMILES string of the molecule is O=C(/C=C/c1ccc(Cl)cc1Cl)N1CCN(c2ccc([N+](=O)[O-])c(NCc3ccco3)c2)CC1. The number of nitro benzene ring substituents is 1. The third kappa shape index (κ3) is 5.70. The molecule has 0 spiro atoms. The van der Waals surface area contributed by atoms with Crippen LogP contribution in [-0.2, 0) is 11.3 Å². The van der Waals surface area contributed by atoms with Gasteiger partial charge < -0.3 is 19.5 Å². The minimum atomic E-state index is -0.413. The molecule has 0 aliphatic carbocycles. The van der Waals surface area contributed by atoms with Crippen LogP contribution >= 0.6 is 23.2 Å². The minimum Gasteiger partial charge on any atom is -0.467 e. The van der Waals surface area contributed by atoms with Crippen molar-refractivity contribution in [2.24, 2.45) is 0 Å². The number of hydrogen-bond acceptors (Lipinski definition) is 6. The highest BCUT2D eigenvalue weighted by molar-refractivity contribution is 6.35. The van der Waals surface area contributed by atoms with Crippen molar-refractivity contribution in [2.75, 3.05) is 36.4 Å². The fourth-order valence-electron chi connectivity index (χ4n) is 3.71. The Morgan fingerprint density at radius 1 is 1.12 bits per heavy atom. The van der Waals surface area contributed by atoms with Crippen LogP contribution in [0.1, 0.15) is 11.3 Å². The number of nitrogens with zero attached hydrogens (tertiary/aromatic N) is 3. The Kier molecular flexibility index (Phi) is 7.40. The van der Waals surface area contributed by atoms with Gasteiger partial charge in [-0.3, -0.25) is 14.9 Å². The van der Waals surface area contributed by atoms with Crippen LogP contribution in [0.25, 0.3) is 6.08 Å². The summed E-state index contributed by atoms with van der Waals surface area (Å²) in [5.74, 6) is 0.579. The lowest BCUT2D eigenvalue weighted by Gasteiger charge is -2.35. The molecule has 0 atom stereocenters. The average molecular weight is 501 g/mol. The first kappa shape index (κ1) is 23.7.